The first-order chi connectivity index (χ1) is 9.92. The lowest BCUT2D eigenvalue weighted by Gasteiger charge is -2.21. The van der Waals surface area contributed by atoms with E-state index in [1.807, 2.05) is 12.4 Å². The fourth-order valence-electron chi connectivity index (χ4n) is 3.88. The molecule has 0 saturated carbocycles. The molecule has 104 valence electrons. The number of fused-ring (bicyclic) bond motifs is 2. The molecule has 0 bridgehead atoms. The molecule has 2 aliphatic heterocycles. The molecule has 2 unspecified atom stereocenters. The van der Waals surface area contributed by atoms with Crippen molar-refractivity contribution in [2.75, 3.05) is 13.1 Å². The minimum atomic E-state index is 0.663. The molecule has 4 rings (SSSR count). The van der Waals surface area contributed by atoms with Crippen molar-refractivity contribution in [3.8, 4) is 0 Å². The molecular weight excluding hydrogens is 246 g/mol. The Morgan fingerprint density at radius 3 is 3.10 bits per heavy atom. The Kier molecular flexibility index (Phi) is 3.17. The van der Waals surface area contributed by atoms with Gasteiger partial charge in [0.25, 0.3) is 0 Å². The third-order valence-electron chi connectivity index (χ3n) is 4.91. The summed E-state index contributed by atoms with van der Waals surface area (Å²) in [5.74, 6) is 0. The third-order valence-corrected chi connectivity index (χ3v) is 4.91. The second-order valence-corrected chi connectivity index (χ2v) is 6.04. The highest BCUT2D eigenvalue weighted by molar-refractivity contribution is 5.84. The predicted molar refractivity (Wildman–Crippen MR) is 81.6 cm³/mol. The lowest BCUT2D eigenvalue weighted by molar-refractivity contribution is 0.298. The van der Waals surface area contributed by atoms with E-state index in [0.29, 0.717) is 6.04 Å². The average Bonchev–Trinajstić information content (AvgIpc) is 3.09. The zero-order chi connectivity index (χ0) is 13.4. The maximum Gasteiger partial charge on any atom is 0.0346 e. The van der Waals surface area contributed by atoms with Crippen molar-refractivity contribution in [2.24, 2.45) is 0 Å². The smallest absolute Gasteiger partial charge is 0.0346 e. The van der Waals surface area contributed by atoms with Crippen LogP contribution in [-0.4, -0.2) is 35.1 Å². The monoisotopic (exact) mass is 267 g/mol. The molecule has 2 aliphatic rings. The second-order valence-electron chi connectivity index (χ2n) is 6.04. The van der Waals surface area contributed by atoms with E-state index in [1.165, 1.54) is 48.7 Å². The number of benzene rings is 1. The van der Waals surface area contributed by atoms with E-state index in [9.17, 15) is 0 Å². The summed E-state index contributed by atoms with van der Waals surface area (Å²) < 4.78 is 0. The normalized spacial score (nSPS) is 26.2. The second kappa shape index (κ2) is 5.15. The molecule has 20 heavy (non-hydrogen) atoms. The van der Waals surface area contributed by atoms with Gasteiger partial charge in [-0.2, -0.15) is 0 Å². The Bertz CT molecular complexity index is 605. The van der Waals surface area contributed by atoms with Gasteiger partial charge in [0.2, 0.25) is 0 Å². The van der Waals surface area contributed by atoms with Gasteiger partial charge in [-0.25, -0.2) is 0 Å². The lowest BCUT2D eigenvalue weighted by atomic mass is 10.0. The van der Waals surface area contributed by atoms with Crippen molar-refractivity contribution in [2.45, 2.75) is 37.9 Å². The minimum Gasteiger partial charge on any atom is -0.308 e. The van der Waals surface area contributed by atoms with Crippen LogP contribution in [0.25, 0.3) is 10.8 Å². The van der Waals surface area contributed by atoms with E-state index in [1.54, 1.807) is 0 Å². The summed E-state index contributed by atoms with van der Waals surface area (Å²) in [4.78, 5) is 7.03. The van der Waals surface area contributed by atoms with E-state index in [0.717, 1.165) is 12.6 Å². The van der Waals surface area contributed by atoms with Gasteiger partial charge in [0.1, 0.15) is 0 Å². The van der Waals surface area contributed by atoms with Crippen molar-refractivity contribution in [3.63, 3.8) is 0 Å². The highest BCUT2D eigenvalue weighted by Gasteiger charge is 2.36. The zero-order valence-corrected chi connectivity index (χ0v) is 11.8. The first-order valence-corrected chi connectivity index (χ1v) is 7.71. The Hall–Kier alpha value is -1.45. The van der Waals surface area contributed by atoms with Crippen LogP contribution in [0.1, 0.15) is 24.8 Å². The molecule has 0 radical (unpaired) electrons. The molecule has 2 fully saturated rings. The molecule has 1 aromatic heterocycles. The maximum atomic E-state index is 4.37. The van der Waals surface area contributed by atoms with Crippen LogP contribution < -0.4 is 5.32 Å². The van der Waals surface area contributed by atoms with Crippen molar-refractivity contribution < 1.29 is 0 Å². The van der Waals surface area contributed by atoms with Gasteiger partial charge in [0.05, 0.1) is 0 Å². The van der Waals surface area contributed by atoms with E-state index in [-0.39, 0.29) is 0 Å². The zero-order valence-electron chi connectivity index (χ0n) is 11.8. The van der Waals surface area contributed by atoms with Gasteiger partial charge in [0.15, 0.2) is 0 Å². The van der Waals surface area contributed by atoms with Crippen LogP contribution in [0.4, 0.5) is 0 Å². The first-order valence-electron chi connectivity index (χ1n) is 7.71. The van der Waals surface area contributed by atoms with Gasteiger partial charge in [-0.05, 0) is 36.8 Å². The van der Waals surface area contributed by atoms with E-state index >= 15 is 0 Å². The van der Waals surface area contributed by atoms with Crippen LogP contribution in [0.15, 0.2) is 36.7 Å². The number of hydrogen-bond acceptors (Lipinski definition) is 3. The quantitative estimate of drug-likeness (QED) is 0.926. The summed E-state index contributed by atoms with van der Waals surface area (Å²) in [6.45, 7) is 3.51. The molecule has 3 heterocycles. The van der Waals surface area contributed by atoms with E-state index < -0.39 is 0 Å². The van der Waals surface area contributed by atoms with Crippen LogP contribution in [-0.2, 0) is 6.54 Å². The van der Waals surface area contributed by atoms with Crippen molar-refractivity contribution >= 4 is 10.8 Å². The summed E-state index contributed by atoms with van der Waals surface area (Å²) in [5.41, 5.74) is 1.32. The molecule has 2 atom stereocenters. The van der Waals surface area contributed by atoms with E-state index in [2.05, 4.69) is 39.5 Å². The van der Waals surface area contributed by atoms with Gasteiger partial charge in [0, 0.05) is 43.0 Å². The van der Waals surface area contributed by atoms with Crippen molar-refractivity contribution in [1.82, 2.24) is 15.2 Å². The van der Waals surface area contributed by atoms with Crippen molar-refractivity contribution in [1.29, 1.82) is 0 Å². The minimum absolute atomic E-state index is 0.663. The van der Waals surface area contributed by atoms with Gasteiger partial charge < -0.3 is 5.32 Å². The fourth-order valence-corrected chi connectivity index (χ4v) is 3.88. The molecule has 2 aromatic rings. The Morgan fingerprint density at radius 1 is 1.15 bits per heavy atom. The van der Waals surface area contributed by atoms with Crippen molar-refractivity contribution in [3.05, 3.63) is 42.2 Å². The van der Waals surface area contributed by atoms with Gasteiger partial charge >= 0.3 is 0 Å². The SMILES string of the molecule is c1ccc2c(CNC3CCN4CCCC34)cncc2c1. The predicted octanol–water partition coefficient (Wildman–Crippen LogP) is 2.56. The first kappa shape index (κ1) is 12.3. The number of aromatic nitrogens is 1. The molecule has 0 amide bonds. The van der Waals surface area contributed by atoms with Crippen LogP contribution in [0.2, 0.25) is 0 Å². The van der Waals surface area contributed by atoms with Gasteiger partial charge in [-0.3, -0.25) is 9.88 Å². The van der Waals surface area contributed by atoms with Crippen LogP contribution in [0.5, 0.6) is 0 Å². The van der Waals surface area contributed by atoms with Crippen LogP contribution in [0.3, 0.4) is 0 Å². The topological polar surface area (TPSA) is 28.2 Å². The standard InChI is InChI=1S/C17H21N3/c1-2-5-15-13(4-1)10-18-11-14(15)12-19-16-7-9-20-8-3-6-17(16)20/h1-2,4-5,10-11,16-17,19H,3,6-9,12H2. The molecule has 3 nitrogen and oxygen atoms in total. The van der Waals surface area contributed by atoms with Crippen LogP contribution >= 0.6 is 0 Å². The van der Waals surface area contributed by atoms with Gasteiger partial charge in [-0.15, -0.1) is 0 Å². The summed E-state index contributed by atoms with van der Waals surface area (Å²) in [5, 5.41) is 6.35. The summed E-state index contributed by atoms with van der Waals surface area (Å²) in [6, 6.07) is 9.97. The molecule has 1 N–H and O–H groups in total. The number of hydrogen-bond donors (Lipinski definition) is 1. The summed E-state index contributed by atoms with van der Waals surface area (Å²) >= 11 is 0. The largest absolute Gasteiger partial charge is 0.308 e. The summed E-state index contributed by atoms with van der Waals surface area (Å²) in [6.07, 6.45) is 8.00. The number of nitrogens with one attached hydrogen (secondary N) is 1. The number of nitrogens with zero attached hydrogens (tertiary/aromatic N) is 2. The Balaban J connectivity index is 1.51. The lowest BCUT2D eigenvalue weighted by Crippen LogP contribution is -2.38. The molecule has 3 heteroatoms. The molecular formula is C17H21N3. The molecule has 0 aliphatic carbocycles. The third kappa shape index (κ3) is 2.11. The molecule has 1 aromatic carbocycles. The highest BCUT2D eigenvalue weighted by atomic mass is 15.2. The Labute approximate surface area is 120 Å². The van der Waals surface area contributed by atoms with E-state index in [4.69, 9.17) is 0 Å². The number of pyridine rings is 1. The maximum absolute atomic E-state index is 4.37. The van der Waals surface area contributed by atoms with Crippen LogP contribution in [0, 0.1) is 0 Å². The summed E-state index contributed by atoms with van der Waals surface area (Å²) in [7, 11) is 0. The molecule has 0 spiro atoms. The highest BCUT2D eigenvalue weighted by Crippen LogP contribution is 2.28. The fraction of sp³-hybridized carbons (Fsp3) is 0.471. The average molecular weight is 267 g/mol. The Morgan fingerprint density at radius 2 is 2.10 bits per heavy atom. The molecule has 2 saturated heterocycles. The van der Waals surface area contributed by atoms with Gasteiger partial charge in [-0.1, -0.05) is 24.3 Å². The number of rotatable bonds is 3.